The Morgan fingerprint density at radius 1 is 0.650 bits per heavy atom. The molecule has 0 saturated carbocycles. The number of aromatic nitrogens is 4. The summed E-state index contributed by atoms with van der Waals surface area (Å²) in [5, 5.41) is 8.15. The van der Waals surface area contributed by atoms with E-state index in [0.717, 1.165) is 22.1 Å². The summed E-state index contributed by atoms with van der Waals surface area (Å²) >= 11 is 0. The largest absolute Gasteiger partial charge is 0.321 e. The van der Waals surface area contributed by atoms with E-state index in [0.29, 0.717) is 11.9 Å². The van der Waals surface area contributed by atoms with Gasteiger partial charge in [0.1, 0.15) is 0 Å². The minimum absolute atomic E-state index is 0.464. The first-order valence-electron chi connectivity index (χ1n) is 6.20. The van der Waals surface area contributed by atoms with Crippen LogP contribution in [0.3, 0.4) is 0 Å². The molecule has 2 aromatic heterocycles. The van der Waals surface area contributed by atoms with E-state index >= 15 is 0 Å². The molecule has 0 spiro atoms. The first-order chi connectivity index (χ1) is 9.88. The van der Waals surface area contributed by atoms with E-state index in [1.54, 1.807) is 0 Å². The maximum absolute atomic E-state index is 4.32. The predicted octanol–water partition coefficient (Wildman–Crippen LogP) is 3.85. The van der Waals surface area contributed by atoms with Crippen LogP contribution >= 0.6 is 0 Å². The molecule has 4 rings (SSSR count). The third-order valence-electron chi connectivity index (χ3n) is 2.99. The molecule has 0 bridgehead atoms. The van der Waals surface area contributed by atoms with Crippen LogP contribution < -0.4 is 0 Å². The quantitative estimate of drug-likeness (QED) is 0.538. The Balaban J connectivity index is 1.70. The Morgan fingerprint density at radius 3 is 1.55 bits per heavy atom. The number of rotatable bonds is 2. The second kappa shape index (κ2) is 4.27. The van der Waals surface area contributed by atoms with Gasteiger partial charge in [0.25, 0.3) is 0 Å². The van der Waals surface area contributed by atoms with E-state index < -0.39 is 0 Å². The van der Waals surface area contributed by atoms with Crippen molar-refractivity contribution < 1.29 is 0 Å². The van der Waals surface area contributed by atoms with Gasteiger partial charge in [-0.15, -0.1) is 10.2 Å². The van der Waals surface area contributed by atoms with Gasteiger partial charge in [-0.05, 0) is 24.3 Å². The lowest BCUT2D eigenvalue weighted by molar-refractivity contribution is 1.08. The molecule has 4 aromatic rings. The summed E-state index contributed by atoms with van der Waals surface area (Å²) < 4.78 is 0. The van der Waals surface area contributed by atoms with Crippen LogP contribution in [0, 0.1) is 0 Å². The second-order valence-electron chi connectivity index (χ2n) is 4.36. The summed E-state index contributed by atoms with van der Waals surface area (Å²) in [5.41, 5.74) is 3.61. The number of para-hydroxylation sites is 4. The van der Waals surface area contributed by atoms with Crippen molar-refractivity contribution >= 4 is 34.0 Å². The number of aromatic amines is 2. The molecule has 0 atom stereocenters. The van der Waals surface area contributed by atoms with Gasteiger partial charge in [-0.25, -0.2) is 9.97 Å². The average Bonchev–Trinajstić information content (AvgIpc) is 3.07. The van der Waals surface area contributed by atoms with Gasteiger partial charge in [-0.3, -0.25) is 0 Å². The SMILES string of the molecule is c1ccc2[nH]c(N=Nc3nc4ccccc4[nH]3)nc2c1. The third kappa shape index (κ3) is 1.83. The van der Waals surface area contributed by atoms with Crippen LogP contribution in [-0.4, -0.2) is 19.9 Å². The van der Waals surface area contributed by atoms with E-state index in [9.17, 15) is 0 Å². The molecular formula is C14H10N6. The van der Waals surface area contributed by atoms with Crippen LogP contribution in [0.15, 0.2) is 58.8 Å². The van der Waals surface area contributed by atoms with Crippen molar-refractivity contribution in [3.8, 4) is 0 Å². The summed E-state index contributed by atoms with van der Waals surface area (Å²) in [6, 6.07) is 15.5. The molecular weight excluding hydrogens is 252 g/mol. The Hall–Kier alpha value is -3.02. The van der Waals surface area contributed by atoms with Gasteiger partial charge in [0.2, 0.25) is 11.9 Å². The zero-order valence-electron chi connectivity index (χ0n) is 10.4. The van der Waals surface area contributed by atoms with Gasteiger partial charge in [0.05, 0.1) is 22.1 Å². The van der Waals surface area contributed by atoms with Crippen LogP contribution in [0.25, 0.3) is 22.1 Å². The van der Waals surface area contributed by atoms with Crippen molar-refractivity contribution in [1.82, 2.24) is 19.9 Å². The monoisotopic (exact) mass is 262 g/mol. The van der Waals surface area contributed by atoms with Gasteiger partial charge in [0, 0.05) is 0 Å². The molecule has 0 radical (unpaired) electrons. The van der Waals surface area contributed by atoms with Crippen LogP contribution in [0.4, 0.5) is 11.9 Å². The summed E-state index contributed by atoms with van der Waals surface area (Å²) in [4.78, 5) is 14.8. The summed E-state index contributed by atoms with van der Waals surface area (Å²) in [6.45, 7) is 0. The number of H-pyrrole nitrogens is 2. The lowest BCUT2D eigenvalue weighted by Crippen LogP contribution is -1.67. The molecule has 0 saturated heterocycles. The van der Waals surface area contributed by atoms with E-state index in [1.165, 1.54) is 0 Å². The van der Waals surface area contributed by atoms with Gasteiger partial charge in [0.15, 0.2) is 0 Å². The molecule has 0 amide bonds. The highest BCUT2D eigenvalue weighted by Gasteiger charge is 2.02. The topological polar surface area (TPSA) is 82.1 Å². The number of hydrogen-bond acceptors (Lipinski definition) is 4. The maximum atomic E-state index is 4.32. The minimum atomic E-state index is 0.464. The van der Waals surface area contributed by atoms with Crippen LogP contribution in [0.5, 0.6) is 0 Å². The smallest absolute Gasteiger partial charge is 0.247 e. The highest BCUT2D eigenvalue weighted by Crippen LogP contribution is 2.19. The Labute approximate surface area is 113 Å². The molecule has 0 aliphatic carbocycles. The first-order valence-corrected chi connectivity index (χ1v) is 6.20. The van der Waals surface area contributed by atoms with Crippen molar-refractivity contribution in [1.29, 1.82) is 0 Å². The van der Waals surface area contributed by atoms with Crippen LogP contribution in [0.2, 0.25) is 0 Å². The number of imidazole rings is 2. The highest BCUT2D eigenvalue weighted by atomic mass is 15.3. The molecule has 96 valence electrons. The van der Waals surface area contributed by atoms with Gasteiger partial charge in [-0.2, -0.15) is 0 Å². The number of azo groups is 1. The Bertz CT molecular complexity index is 775. The number of nitrogens with zero attached hydrogens (tertiary/aromatic N) is 4. The molecule has 6 heteroatoms. The molecule has 0 fully saturated rings. The lowest BCUT2D eigenvalue weighted by Gasteiger charge is -1.82. The average molecular weight is 262 g/mol. The molecule has 20 heavy (non-hydrogen) atoms. The zero-order valence-corrected chi connectivity index (χ0v) is 10.4. The summed E-state index contributed by atoms with van der Waals surface area (Å²) in [5.74, 6) is 0.929. The second-order valence-corrected chi connectivity index (χ2v) is 4.36. The number of nitrogens with one attached hydrogen (secondary N) is 2. The van der Waals surface area contributed by atoms with E-state index in [-0.39, 0.29) is 0 Å². The number of fused-ring (bicyclic) bond motifs is 2. The lowest BCUT2D eigenvalue weighted by atomic mass is 10.3. The Morgan fingerprint density at radius 2 is 1.10 bits per heavy atom. The fourth-order valence-electron chi connectivity index (χ4n) is 2.07. The van der Waals surface area contributed by atoms with Crippen molar-refractivity contribution in [2.45, 2.75) is 0 Å². The van der Waals surface area contributed by atoms with Crippen molar-refractivity contribution in [3.05, 3.63) is 48.5 Å². The van der Waals surface area contributed by atoms with Gasteiger partial charge < -0.3 is 9.97 Å². The van der Waals surface area contributed by atoms with Crippen molar-refractivity contribution in [2.75, 3.05) is 0 Å². The van der Waals surface area contributed by atoms with Crippen molar-refractivity contribution in [2.24, 2.45) is 10.2 Å². The first kappa shape index (κ1) is 10.9. The van der Waals surface area contributed by atoms with Crippen LogP contribution in [-0.2, 0) is 0 Å². The predicted molar refractivity (Wildman–Crippen MR) is 76.4 cm³/mol. The molecule has 0 aliphatic rings. The minimum Gasteiger partial charge on any atom is -0.321 e. The fraction of sp³-hybridized carbons (Fsp3) is 0. The molecule has 2 aromatic carbocycles. The van der Waals surface area contributed by atoms with E-state index in [1.807, 2.05) is 48.5 Å². The normalized spacial score (nSPS) is 11.8. The Kier molecular flexibility index (Phi) is 2.32. The van der Waals surface area contributed by atoms with E-state index in [4.69, 9.17) is 0 Å². The molecule has 0 unspecified atom stereocenters. The number of hydrogen-bond donors (Lipinski definition) is 2. The highest BCUT2D eigenvalue weighted by molar-refractivity contribution is 5.77. The maximum Gasteiger partial charge on any atom is 0.247 e. The molecule has 0 aliphatic heterocycles. The van der Waals surface area contributed by atoms with Crippen LogP contribution in [0.1, 0.15) is 0 Å². The molecule has 6 nitrogen and oxygen atoms in total. The standard InChI is InChI=1S/C14H10N6/c1-2-6-10-9(5-1)15-13(16-10)19-20-14-17-11-7-3-4-8-12(11)18-14/h1-8H,(H,15,16)(H,17,18). The van der Waals surface area contributed by atoms with Gasteiger partial charge >= 0.3 is 0 Å². The molecule has 2 heterocycles. The summed E-state index contributed by atoms with van der Waals surface area (Å²) in [7, 11) is 0. The van der Waals surface area contributed by atoms with E-state index in [2.05, 4.69) is 30.2 Å². The third-order valence-corrected chi connectivity index (χ3v) is 2.99. The fourth-order valence-corrected chi connectivity index (χ4v) is 2.07. The van der Waals surface area contributed by atoms with Crippen molar-refractivity contribution in [3.63, 3.8) is 0 Å². The number of benzene rings is 2. The molecule has 2 N–H and O–H groups in total. The van der Waals surface area contributed by atoms with Gasteiger partial charge in [-0.1, -0.05) is 24.3 Å². The zero-order chi connectivity index (χ0) is 13.4. The summed E-state index contributed by atoms with van der Waals surface area (Å²) in [6.07, 6.45) is 0.